The summed E-state index contributed by atoms with van der Waals surface area (Å²) in [6, 6.07) is 0. The molecule has 9 heteroatoms. The maximum atomic E-state index is 12.6. The number of carbonyl (C=O) groups excluding carboxylic acids is 1. The van der Waals surface area contributed by atoms with E-state index >= 15 is 0 Å². The minimum atomic E-state index is -4.51. The second-order valence-electron chi connectivity index (χ2n) is 15.0. The average molecular weight is 706 g/mol. The Hall–Kier alpha value is -0.500. The van der Waals surface area contributed by atoms with Crippen LogP contribution in [0.15, 0.2) is 0 Å². The Morgan fingerprint density at radius 3 is 1.38 bits per heavy atom. The van der Waals surface area contributed by atoms with Crippen molar-refractivity contribution in [2.24, 2.45) is 0 Å². The summed E-state index contributed by atoms with van der Waals surface area (Å²) in [5, 5.41) is 0. The van der Waals surface area contributed by atoms with Crippen LogP contribution >= 0.6 is 7.82 Å². The Bertz CT molecular complexity index is 746. The van der Waals surface area contributed by atoms with Gasteiger partial charge in [-0.3, -0.25) is 9.36 Å². The van der Waals surface area contributed by atoms with Gasteiger partial charge in [0.25, 0.3) is 7.82 Å². The Labute approximate surface area is 298 Å². The third-order valence-corrected chi connectivity index (χ3v) is 9.87. The second kappa shape index (κ2) is 33.6. The summed E-state index contributed by atoms with van der Waals surface area (Å²) in [7, 11) is 1.37. The Morgan fingerprint density at radius 2 is 0.958 bits per heavy atom. The lowest BCUT2D eigenvalue weighted by molar-refractivity contribution is -0.870. The summed E-state index contributed by atoms with van der Waals surface area (Å²) in [4.78, 5) is 24.9. The fourth-order valence-corrected chi connectivity index (χ4v) is 6.45. The van der Waals surface area contributed by atoms with E-state index < -0.39 is 13.9 Å². The van der Waals surface area contributed by atoms with Crippen LogP contribution in [0, 0.1) is 0 Å². The zero-order valence-corrected chi connectivity index (χ0v) is 33.4. The number of nitrogens with zero attached hydrogens (tertiary/aromatic N) is 1. The standard InChI is InChI=1S/C39H80NO7P/c1-6-8-10-12-14-16-18-19-20-21-22-23-25-27-29-31-34-44-36-38(37-46-48(42,43)45-35-33-40(3,4)5)47-39(41)32-30-28-26-24-17-15-13-11-9-7-2/h38H,6-37H2,1-5H3. The molecule has 288 valence electrons. The topological polar surface area (TPSA) is 94.1 Å². The predicted octanol–water partition coefficient (Wildman–Crippen LogP) is 10.7. The van der Waals surface area contributed by atoms with Gasteiger partial charge in [-0.05, 0) is 12.8 Å². The number of hydrogen-bond donors (Lipinski definition) is 0. The number of rotatable bonds is 38. The highest BCUT2D eigenvalue weighted by Gasteiger charge is 2.20. The molecule has 0 bridgehead atoms. The number of phosphoric ester groups is 1. The molecule has 0 saturated heterocycles. The van der Waals surface area contributed by atoms with Gasteiger partial charge in [0.15, 0.2) is 0 Å². The number of hydrogen-bond acceptors (Lipinski definition) is 7. The molecule has 0 aromatic heterocycles. The van der Waals surface area contributed by atoms with Crippen molar-refractivity contribution in [1.82, 2.24) is 0 Å². The highest BCUT2D eigenvalue weighted by Crippen LogP contribution is 2.38. The third-order valence-electron chi connectivity index (χ3n) is 8.91. The molecule has 0 radical (unpaired) electrons. The fraction of sp³-hybridized carbons (Fsp3) is 0.974. The van der Waals surface area contributed by atoms with E-state index in [0.717, 1.165) is 32.1 Å². The van der Waals surface area contributed by atoms with Crippen LogP contribution < -0.4 is 4.89 Å². The molecule has 0 N–H and O–H groups in total. The summed E-state index contributed by atoms with van der Waals surface area (Å²) in [6.45, 7) is 5.44. The monoisotopic (exact) mass is 706 g/mol. The van der Waals surface area contributed by atoms with Crippen LogP contribution in [0.1, 0.15) is 187 Å². The molecule has 48 heavy (non-hydrogen) atoms. The maximum absolute atomic E-state index is 12.6. The third kappa shape index (κ3) is 36.8. The Kier molecular flexibility index (Phi) is 33.3. The largest absolute Gasteiger partial charge is 0.756 e. The van der Waals surface area contributed by atoms with Gasteiger partial charge in [-0.1, -0.05) is 168 Å². The van der Waals surface area contributed by atoms with Gasteiger partial charge in [0.05, 0.1) is 34.4 Å². The quantitative estimate of drug-likeness (QED) is 0.0273. The number of unbranched alkanes of at least 4 members (excludes halogenated alkanes) is 24. The smallest absolute Gasteiger partial charge is 0.306 e. The van der Waals surface area contributed by atoms with Crippen LogP contribution in [-0.2, 0) is 27.9 Å². The lowest BCUT2D eigenvalue weighted by atomic mass is 10.0. The molecular weight excluding hydrogens is 625 g/mol. The van der Waals surface area contributed by atoms with E-state index in [1.807, 2.05) is 21.1 Å². The summed E-state index contributed by atoms with van der Waals surface area (Å²) < 4.78 is 34.5. The number of likely N-dealkylation sites (N-methyl/N-ethyl adjacent to an activating group) is 1. The molecule has 2 unspecified atom stereocenters. The summed E-state index contributed by atoms with van der Waals surface area (Å²) in [5.41, 5.74) is 0. The number of esters is 1. The van der Waals surface area contributed by atoms with Crippen molar-refractivity contribution in [2.45, 2.75) is 193 Å². The van der Waals surface area contributed by atoms with E-state index in [4.69, 9.17) is 18.5 Å². The molecule has 0 aromatic rings. The molecule has 2 atom stereocenters. The van der Waals surface area contributed by atoms with E-state index in [2.05, 4.69) is 13.8 Å². The van der Waals surface area contributed by atoms with Gasteiger partial charge >= 0.3 is 5.97 Å². The molecule has 0 fully saturated rings. The molecule has 0 aliphatic carbocycles. The first kappa shape index (κ1) is 47.5. The normalized spacial score (nSPS) is 13.9. The first-order valence-corrected chi connectivity index (χ1v) is 21.7. The van der Waals surface area contributed by atoms with Crippen LogP contribution in [0.5, 0.6) is 0 Å². The first-order valence-electron chi connectivity index (χ1n) is 20.3. The Balaban J connectivity index is 4.19. The van der Waals surface area contributed by atoms with E-state index in [0.29, 0.717) is 24.1 Å². The van der Waals surface area contributed by atoms with E-state index in [1.165, 1.54) is 135 Å². The molecule has 0 rings (SSSR count). The maximum Gasteiger partial charge on any atom is 0.306 e. The van der Waals surface area contributed by atoms with Crippen molar-refractivity contribution in [2.75, 3.05) is 54.1 Å². The van der Waals surface area contributed by atoms with Gasteiger partial charge in [0.2, 0.25) is 0 Å². The van der Waals surface area contributed by atoms with Crippen LogP contribution in [0.3, 0.4) is 0 Å². The van der Waals surface area contributed by atoms with Crippen LogP contribution in [0.25, 0.3) is 0 Å². The van der Waals surface area contributed by atoms with Crippen LogP contribution in [0.2, 0.25) is 0 Å². The number of ether oxygens (including phenoxy) is 2. The molecule has 0 spiro atoms. The lowest BCUT2D eigenvalue weighted by Gasteiger charge is -2.28. The zero-order chi connectivity index (χ0) is 35.6. The van der Waals surface area contributed by atoms with Crippen molar-refractivity contribution < 1.29 is 37.3 Å². The highest BCUT2D eigenvalue weighted by atomic mass is 31.2. The summed E-state index contributed by atoms with van der Waals surface area (Å²) in [6.07, 6.45) is 32.5. The molecule has 0 aromatic carbocycles. The van der Waals surface area contributed by atoms with Crippen molar-refractivity contribution >= 4 is 13.8 Å². The minimum Gasteiger partial charge on any atom is -0.756 e. The number of carbonyl (C=O) groups is 1. The van der Waals surface area contributed by atoms with Crippen molar-refractivity contribution in [3.05, 3.63) is 0 Å². The molecule has 0 heterocycles. The summed E-state index contributed by atoms with van der Waals surface area (Å²) >= 11 is 0. The summed E-state index contributed by atoms with van der Waals surface area (Å²) in [5.74, 6) is -0.333. The van der Waals surface area contributed by atoms with Gasteiger partial charge < -0.3 is 27.9 Å². The molecule has 0 aliphatic rings. The van der Waals surface area contributed by atoms with Crippen LogP contribution in [-0.4, -0.2) is 70.7 Å². The molecule has 8 nitrogen and oxygen atoms in total. The first-order chi connectivity index (χ1) is 23.1. The molecule has 0 amide bonds. The van der Waals surface area contributed by atoms with Gasteiger partial charge in [-0.2, -0.15) is 0 Å². The predicted molar refractivity (Wildman–Crippen MR) is 199 cm³/mol. The second-order valence-corrected chi connectivity index (χ2v) is 16.4. The molecule has 0 aliphatic heterocycles. The fourth-order valence-electron chi connectivity index (χ4n) is 5.72. The van der Waals surface area contributed by atoms with Crippen molar-refractivity contribution in [3.8, 4) is 0 Å². The number of phosphoric acid groups is 1. The average Bonchev–Trinajstić information content (AvgIpc) is 3.03. The van der Waals surface area contributed by atoms with Gasteiger partial charge in [-0.15, -0.1) is 0 Å². The molecular formula is C39H80NO7P. The minimum absolute atomic E-state index is 0.0310. The van der Waals surface area contributed by atoms with E-state index in [-0.39, 0.29) is 25.8 Å². The van der Waals surface area contributed by atoms with E-state index in [1.54, 1.807) is 0 Å². The number of quaternary nitrogens is 1. The van der Waals surface area contributed by atoms with E-state index in [9.17, 15) is 14.3 Å². The molecule has 0 saturated carbocycles. The van der Waals surface area contributed by atoms with Crippen LogP contribution in [0.4, 0.5) is 0 Å². The SMILES string of the molecule is CCCCCCCCCCCCCCCCCCOCC(COP(=O)([O-])OCC[N+](C)(C)C)OC(=O)CCCCCCCCCCCC. The van der Waals surface area contributed by atoms with Gasteiger partial charge in [-0.25, -0.2) is 0 Å². The van der Waals surface area contributed by atoms with Crippen molar-refractivity contribution in [1.29, 1.82) is 0 Å². The van der Waals surface area contributed by atoms with Gasteiger partial charge in [0, 0.05) is 13.0 Å². The lowest BCUT2D eigenvalue weighted by Crippen LogP contribution is -2.37. The van der Waals surface area contributed by atoms with Crippen molar-refractivity contribution in [3.63, 3.8) is 0 Å². The van der Waals surface area contributed by atoms with Gasteiger partial charge in [0.1, 0.15) is 19.3 Å². The zero-order valence-electron chi connectivity index (χ0n) is 32.5. The highest BCUT2D eigenvalue weighted by molar-refractivity contribution is 7.45. The Morgan fingerprint density at radius 1 is 0.562 bits per heavy atom.